The maximum absolute atomic E-state index is 0. The van der Waals surface area contributed by atoms with E-state index >= 15 is 0 Å². The summed E-state index contributed by atoms with van der Waals surface area (Å²) in [6.45, 7) is 0. The van der Waals surface area contributed by atoms with Crippen molar-refractivity contribution in [1.82, 2.24) is 0 Å². The Hall–Kier alpha value is 0.849. The maximum Gasteiger partial charge on any atom is 3.00 e. The van der Waals surface area contributed by atoms with Gasteiger partial charge in [0.25, 0.3) is 0 Å². The van der Waals surface area contributed by atoms with Crippen LogP contribution in [0.4, 0.5) is 4.70 Å². The molecule has 0 aliphatic carbocycles. The fourth-order valence-electron chi connectivity index (χ4n) is 0. The second-order valence-electron chi connectivity index (χ2n) is 0. The molecule has 0 saturated carbocycles. The standard InChI is InChI=1S/F.2Fe.3O/q;2*+3;3*-2. The molecule has 0 aromatic carbocycles. The van der Waals surface area contributed by atoms with Gasteiger partial charge in [-0.15, -0.1) is 0 Å². The van der Waals surface area contributed by atoms with Gasteiger partial charge >= 0.3 is 34.1 Å². The van der Waals surface area contributed by atoms with Gasteiger partial charge in [-0.25, -0.2) is 0 Å². The van der Waals surface area contributed by atoms with Crippen molar-refractivity contribution < 1.29 is 55.3 Å². The number of rotatable bonds is 0. The van der Waals surface area contributed by atoms with E-state index in [2.05, 4.69) is 0 Å². The van der Waals surface area contributed by atoms with Gasteiger partial charge in [-0.2, -0.15) is 0 Å². The third-order valence-electron chi connectivity index (χ3n) is 0. The molecule has 0 fully saturated rings. The first kappa shape index (κ1) is 325. The predicted molar refractivity (Wildman–Crippen MR) is 3.17 cm³/mol. The molecule has 6 heavy (non-hydrogen) atoms. The summed E-state index contributed by atoms with van der Waals surface area (Å²) in [5.74, 6) is 0. The van der Waals surface area contributed by atoms with E-state index in [4.69, 9.17) is 0 Å². The minimum absolute atomic E-state index is 0. The zero-order valence-corrected chi connectivity index (χ0v) is 4.52. The van der Waals surface area contributed by atoms with Gasteiger partial charge in [-0.3, -0.25) is 0 Å². The summed E-state index contributed by atoms with van der Waals surface area (Å²) in [6.07, 6.45) is 0. The average Bonchev–Trinajstić information content (AvgIpc) is 0. The summed E-state index contributed by atoms with van der Waals surface area (Å²) in [5, 5.41) is 0. The van der Waals surface area contributed by atoms with Crippen LogP contribution in [0, 0.1) is 0 Å². The van der Waals surface area contributed by atoms with Crippen LogP contribution in [-0.4, -0.2) is 0 Å². The Kier molecular flexibility index (Phi) is 10300. The zero-order chi connectivity index (χ0) is 0. The third-order valence-corrected chi connectivity index (χ3v) is 0. The monoisotopic (exact) mass is 179 g/mol. The summed E-state index contributed by atoms with van der Waals surface area (Å²) in [4.78, 5) is 0. The first-order chi connectivity index (χ1) is 0. The largest absolute Gasteiger partial charge is 3.00 e. The number of halogens is 1. The van der Waals surface area contributed by atoms with E-state index in [0.29, 0.717) is 0 Å². The van der Waals surface area contributed by atoms with Crippen LogP contribution in [0.3, 0.4) is 0 Å². The van der Waals surface area contributed by atoms with Crippen molar-refractivity contribution in [3.63, 3.8) is 0 Å². The second kappa shape index (κ2) is 191. The molecule has 0 spiro atoms. The van der Waals surface area contributed by atoms with Crippen molar-refractivity contribution in [1.29, 1.82) is 0 Å². The summed E-state index contributed by atoms with van der Waals surface area (Å²) >= 11 is 0. The topological polar surface area (TPSA) is 85.5 Å². The van der Waals surface area contributed by atoms with Gasteiger partial charge in [-0.05, 0) is 0 Å². The first-order valence-corrected chi connectivity index (χ1v) is 0. The van der Waals surface area contributed by atoms with Crippen molar-refractivity contribution in [2.75, 3.05) is 0 Å². The van der Waals surface area contributed by atoms with Crippen LogP contribution in [0.1, 0.15) is 0 Å². The van der Waals surface area contributed by atoms with Crippen LogP contribution in [0.15, 0.2) is 0 Å². The normalized spacial score (nSPS) is 0. The van der Waals surface area contributed by atoms with Crippen LogP contribution in [-0.2, 0) is 50.6 Å². The smallest absolute Gasteiger partial charge is 2.00 e. The summed E-state index contributed by atoms with van der Waals surface area (Å²) in [6, 6.07) is 0. The quantitative estimate of drug-likeness (QED) is 0.470. The molecule has 0 amide bonds. The third kappa shape index (κ3) is 99.7. The van der Waals surface area contributed by atoms with Gasteiger partial charge in [-0.1, -0.05) is 0 Å². The van der Waals surface area contributed by atoms with Crippen LogP contribution < -0.4 is 0 Å². The SMILES string of the molecule is [F].[Fe+3].[Fe+3].[O-2].[O-2].[O-2]. The van der Waals surface area contributed by atoms with Crippen LogP contribution in [0.25, 0.3) is 0 Å². The summed E-state index contributed by atoms with van der Waals surface area (Å²) in [7, 11) is 0. The molecule has 0 aromatic heterocycles. The van der Waals surface area contributed by atoms with Gasteiger partial charge in [0, 0.05) is 4.70 Å². The molecule has 0 atom stereocenters. The molecular weight excluding hydrogens is 179 g/mol. The first-order valence-electron chi connectivity index (χ1n) is 0. The molecule has 41 valence electrons. The van der Waals surface area contributed by atoms with E-state index in [0.717, 1.165) is 0 Å². The summed E-state index contributed by atoms with van der Waals surface area (Å²) in [5.41, 5.74) is 0. The zero-order valence-electron chi connectivity index (χ0n) is 2.31. The Morgan fingerprint density at radius 2 is 0.500 bits per heavy atom. The van der Waals surface area contributed by atoms with Gasteiger partial charge in [0.15, 0.2) is 0 Å². The van der Waals surface area contributed by atoms with Crippen molar-refractivity contribution in [3.05, 3.63) is 0 Å². The fourth-order valence-corrected chi connectivity index (χ4v) is 0. The molecule has 0 unspecified atom stereocenters. The second-order valence-corrected chi connectivity index (χ2v) is 0. The molecule has 0 aliphatic rings. The van der Waals surface area contributed by atoms with Crippen molar-refractivity contribution in [2.45, 2.75) is 0 Å². The Morgan fingerprint density at radius 3 is 0.500 bits per heavy atom. The Labute approximate surface area is 55.7 Å². The molecule has 0 saturated heterocycles. The van der Waals surface area contributed by atoms with E-state index in [1.165, 1.54) is 0 Å². The molecule has 3 nitrogen and oxygen atoms in total. The van der Waals surface area contributed by atoms with Gasteiger partial charge in [0.05, 0.1) is 0 Å². The van der Waals surface area contributed by atoms with E-state index in [1.54, 1.807) is 0 Å². The maximum atomic E-state index is 0. The van der Waals surface area contributed by atoms with E-state index < -0.39 is 0 Å². The molecular formula is FFe2O3. The number of hydrogen-bond donors (Lipinski definition) is 0. The minimum Gasteiger partial charge on any atom is -2.00 e. The summed E-state index contributed by atoms with van der Waals surface area (Å²) < 4.78 is 0. The Morgan fingerprint density at radius 1 is 0.500 bits per heavy atom. The number of hydrogen-bond acceptors (Lipinski definition) is 0. The molecule has 0 rings (SSSR count). The van der Waals surface area contributed by atoms with Gasteiger partial charge in [0.2, 0.25) is 0 Å². The molecule has 0 aromatic rings. The van der Waals surface area contributed by atoms with Crippen molar-refractivity contribution >= 4 is 0 Å². The molecule has 0 heterocycles. The van der Waals surface area contributed by atoms with Crippen molar-refractivity contribution in [2.24, 2.45) is 0 Å². The minimum atomic E-state index is 0. The fraction of sp³-hybridized carbons (Fsp3) is 0. The van der Waals surface area contributed by atoms with Gasteiger partial charge < -0.3 is 16.4 Å². The Balaban J connectivity index is 0. The van der Waals surface area contributed by atoms with Crippen molar-refractivity contribution in [3.8, 4) is 0 Å². The van der Waals surface area contributed by atoms with Crippen LogP contribution in [0.2, 0.25) is 0 Å². The average molecular weight is 179 g/mol. The molecule has 3 radical (unpaired) electrons. The van der Waals surface area contributed by atoms with Crippen LogP contribution >= 0.6 is 0 Å². The molecule has 6 heteroatoms. The van der Waals surface area contributed by atoms with E-state index in [9.17, 15) is 0 Å². The molecule has 0 bridgehead atoms. The van der Waals surface area contributed by atoms with E-state index in [1.807, 2.05) is 0 Å². The molecule has 0 N–H and O–H groups in total. The van der Waals surface area contributed by atoms with E-state index in [-0.39, 0.29) is 55.3 Å². The van der Waals surface area contributed by atoms with Gasteiger partial charge in [0.1, 0.15) is 0 Å². The Bertz CT molecular complexity index is 8.75. The predicted octanol–water partition coefficient (Wildman–Crippen LogP) is 0.0588. The molecule has 0 aliphatic heterocycles. The van der Waals surface area contributed by atoms with Crippen LogP contribution in [0.5, 0.6) is 0 Å².